The molecule has 0 saturated carbocycles. The molecule has 1 fully saturated rings. The first-order chi connectivity index (χ1) is 5.33. The fourth-order valence-corrected chi connectivity index (χ4v) is 1.55. The van der Waals surface area contributed by atoms with E-state index >= 15 is 0 Å². The Morgan fingerprint density at radius 2 is 2.45 bits per heavy atom. The third-order valence-corrected chi connectivity index (χ3v) is 2.54. The van der Waals surface area contributed by atoms with Crippen LogP contribution in [-0.4, -0.2) is 12.6 Å². The molecule has 0 amide bonds. The third-order valence-electron chi connectivity index (χ3n) is 2.54. The van der Waals surface area contributed by atoms with Crippen LogP contribution in [0.15, 0.2) is 11.6 Å². The van der Waals surface area contributed by atoms with Gasteiger partial charge in [-0.2, -0.15) is 0 Å². The van der Waals surface area contributed by atoms with Crippen LogP contribution in [0.3, 0.4) is 0 Å². The first-order valence-electron chi connectivity index (χ1n) is 4.68. The summed E-state index contributed by atoms with van der Waals surface area (Å²) in [5.41, 5.74) is 1.53. The highest BCUT2D eigenvalue weighted by Gasteiger charge is 2.12. The summed E-state index contributed by atoms with van der Waals surface area (Å²) in [6.45, 7) is 5.58. The van der Waals surface area contributed by atoms with Crippen molar-refractivity contribution in [2.45, 2.75) is 45.6 Å². The molecular weight excluding hydrogens is 134 g/mol. The van der Waals surface area contributed by atoms with E-state index in [-0.39, 0.29) is 0 Å². The Bertz CT molecular complexity index is 132. The van der Waals surface area contributed by atoms with Gasteiger partial charge in [0.15, 0.2) is 0 Å². The van der Waals surface area contributed by atoms with Gasteiger partial charge in [-0.3, -0.25) is 0 Å². The first-order valence-corrected chi connectivity index (χ1v) is 4.68. The lowest BCUT2D eigenvalue weighted by atomic mass is 10.1. The van der Waals surface area contributed by atoms with Gasteiger partial charge in [0.2, 0.25) is 0 Å². The molecule has 1 rings (SSSR count). The summed E-state index contributed by atoms with van der Waals surface area (Å²) in [5, 5.41) is 3.51. The molecule has 1 aliphatic heterocycles. The number of hydrogen-bond donors (Lipinski definition) is 1. The molecule has 0 aromatic carbocycles. The predicted molar refractivity (Wildman–Crippen MR) is 49.7 cm³/mol. The second kappa shape index (κ2) is 4.55. The average molecular weight is 153 g/mol. The highest BCUT2D eigenvalue weighted by molar-refractivity contribution is 4.96. The number of rotatable bonds is 3. The molecule has 0 aromatic heterocycles. The van der Waals surface area contributed by atoms with Crippen LogP contribution in [0, 0.1) is 0 Å². The first kappa shape index (κ1) is 8.79. The Balaban J connectivity index is 2.11. The van der Waals surface area contributed by atoms with E-state index < -0.39 is 0 Å². The minimum Gasteiger partial charge on any atom is -0.314 e. The highest BCUT2D eigenvalue weighted by Crippen LogP contribution is 2.13. The smallest absolute Gasteiger partial charge is 0.00705 e. The molecule has 0 bridgehead atoms. The van der Waals surface area contributed by atoms with E-state index in [1.165, 1.54) is 37.8 Å². The lowest BCUT2D eigenvalue weighted by molar-refractivity contribution is 0.557. The lowest BCUT2D eigenvalue weighted by Crippen LogP contribution is -2.20. The molecule has 1 saturated heterocycles. The zero-order valence-electron chi connectivity index (χ0n) is 7.69. The summed E-state index contributed by atoms with van der Waals surface area (Å²) in [7, 11) is 0. The van der Waals surface area contributed by atoms with Crippen LogP contribution < -0.4 is 5.32 Å². The number of hydrogen-bond acceptors (Lipinski definition) is 1. The molecule has 1 nitrogen and oxygen atoms in total. The third kappa shape index (κ3) is 3.06. The maximum Gasteiger partial charge on any atom is 0.00705 e. The van der Waals surface area contributed by atoms with Crippen molar-refractivity contribution in [3.63, 3.8) is 0 Å². The van der Waals surface area contributed by atoms with Crippen LogP contribution in [0.5, 0.6) is 0 Å². The van der Waals surface area contributed by atoms with Crippen molar-refractivity contribution in [1.29, 1.82) is 0 Å². The van der Waals surface area contributed by atoms with E-state index in [4.69, 9.17) is 0 Å². The fraction of sp³-hybridized carbons (Fsp3) is 0.800. The summed E-state index contributed by atoms with van der Waals surface area (Å²) in [6, 6.07) is 0.810. The molecule has 1 unspecified atom stereocenters. The van der Waals surface area contributed by atoms with E-state index in [1.54, 1.807) is 0 Å². The van der Waals surface area contributed by atoms with E-state index in [1.807, 2.05) is 0 Å². The Hall–Kier alpha value is -0.300. The van der Waals surface area contributed by atoms with Crippen molar-refractivity contribution in [3.8, 4) is 0 Å². The number of nitrogens with one attached hydrogen (secondary N) is 1. The van der Waals surface area contributed by atoms with E-state index in [0.717, 1.165) is 6.04 Å². The molecule has 1 heterocycles. The van der Waals surface area contributed by atoms with Crippen molar-refractivity contribution in [3.05, 3.63) is 11.6 Å². The monoisotopic (exact) mass is 153 g/mol. The van der Waals surface area contributed by atoms with Gasteiger partial charge in [0.25, 0.3) is 0 Å². The van der Waals surface area contributed by atoms with Gasteiger partial charge in [0.05, 0.1) is 0 Å². The van der Waals surface area contributed by atoms with Crippen molar-refractivity contribution in [1.82, 2.24) is 5.32 Å². The molecule has 0 aromatic rings. The second-order valence-corrected chi connectivity index (χ2v) is 3.47. The Morgan fingerprint density at radius 3 is 3.00 bits per heavy atom. The van der Waals surface area contributed by atoms with Crippen molar-refractivity contribution >= 4 is 0 Å². The Labute approximate surface area is 69.9 Å². The van der Waals surface area contributed by atoms with E-state index in [9.17, 15) is 0 Å². The van der Waals surface area contributed by atoms with Crippen LogP contribution in [0.2, 0.25) is 0 Å². The summed E-state index contributed by atoms with van der Waals surface area (Å²) in [4.78, 5) is 0. The standard InChI is InChI=1S/C10H19N/c1-3-9(2)6-7-10-5-4-8-11-10/h3,10-11H,4-8H2,1-2H3/b9-3-. The molecule has 1 N–H and O–H groups in total. The van der Waals surface area contributed by atoms with Crippen molar-refractivity contribution in [2.75, 3.05) is 6.54 Å². The second-order valence-electron chi connectivity index (χ2n) is 3.47. The topological polar surface area (TPSA) is 12.0 Å². The summed E-state index contributed by atoms with van der Waals surface area (Å²) >= 11 is 0. The van der Waals surface area contributed by atoms with Gasteiger partial charge >= 0.3 is 0 Å². The quantitative estimate of drug-likeness (QED) is 0.614. The molecule has 0 aliphatic carbocycles. The maximum absolute atomic E-state index is 3.51. The van der Waals surface area contributed by atoms with Gasteiger partial charge in [-0.25, -0.2) is 0 Å². The molecule has 11 heavy (non-hydrogen) atoms. The number of allylic oxidation sites excluding steroid dienone is 2. The molecule has 64 valence electrons. The van der Waals surface area contributed by atoms with E-state index in [0.29, 0.717) is 0 Å². The zero-order valence-corrected chi connectivity index (χ0v) is 7.69. The van der Waals surface area contributed by atoms with Crippen LogP contribution in [-0.2, 0) is 0 Å². The molecule has 1 aliphatic rings. The molecule has 0 radical (unpaired) electrons. The van der Waals surface area contributed by atoms with Gasteiger partial charge in [-0.05, 0) is 46.1 Å². The summed E-state index contributed by atoms with van der Waals surface area (Å²) < 4.78 is 0. The summed E-state index contributed by atoms with van der Waals surface area (Å²) in [6.07, 6.45) is 7.58. The van der Waals surface area contributed by atoms with Gasteiger partial charge < -0.3 is 5.32 Å². The van der Waals surface area contributed by atoms with Crippen LogP contribution in [0.1, 0.15) is 39.5 Å². The molecule has 0 spiro atoms. The maximum atomic E-state index is 3.51. The van der Waals surface area contributed by atoms with Crippen LogP contribution >= 0.6 is 0 Å². The van der Waals surface area contributed by atoms with Crippen molar-refractivity contribution < 1.29 is 0 Å². The van der Waals surface area contributed by atoms with Crippen LogP contribution in [0.25, 0.3) is 0 Å². The highest BCUT2D eigenvalue weighted by atomic mass is 14.9. The Kier molecular flexibility index (Phi) is 3.64. The van der Waals surface area contributed by atoms with E-state index in [2.05, 4.69) is 25.2 Å². The largest absolute Gasteiger partial charge is 0.314 e. The predicted octanol–water partition coefficient (Wildman–Crippen LogP) is 2.48. The lowest BCUT2D eigenvalue weighted by Gasteiger charge is -2.08. The fourth-order valence-electron chi connectivity index (χ4n) is 1.55. The minimum atomic E-state index is 0.810. The SMILES string of the molecule is C/C=C(/C)CCC1CCCN1. The zero-order chi connectivity index (χ0) is 8.10. The minimum absolute atomic E-state index is 0.810. The normalized spacial score (nSPS) is 26.0. The molecule has 1 atom stereocenters. The Morgan fingerprint density at radius 1 is 1.64 bits per heavy atom. The van der Waals surface area contributed by atoms with Crippen LogP contribution in [0.4, 0.5) is 0 Å². The molecular formula is C10H19N. The van der Waals surface area contributed by atoms with Gasteiger partial charge in [0.1, 0.15) is 0 Å². The average Bonchev–Trinajstić information content (AvgIpc) is 2.52. The van der Waals surface area contributed by atoms with Crippen molar-refractivity contribution in [2.24, 2.45) is 0 Å². The van der Waals surface area contributed by atoms with Gasteiger partial charge in [0, 0.05) is 6.04 Å². The summed E-state index contributed by atoms with van der Waals surface area (Å²) in [5.74, 6) is 0. The van der Waals surface area contributed by atoms with Gasteiger partial charge in [-0.1, -0.05) is 11.6 Å². The molecule has 1 heteroatoms. The van der Waals surface area contributed by atoms with Gasteiger partial charge in [-0.15, -0.1) is 0 Å².